The number of nitrogens with one attached hydrogen (secondary N) is 2. The first kappa shape index (κ1) is 19.3. The van der Waals surface area contributed by atoms with Crippen LogP contribution in [0.4, 0.5) is 23.1 Å². The van der Waals surface area contributed by atoms with Crippen LogP contribution in [0.2, 0.25) is 0 Å². The van der Waals surface area contributed by atoms with E-state index in [1.54, 1.807) is 17.3 Å². The fraction of sp³-hybridized carbons (Fsp3) is 0.500. The molecule has 3 aliphatic heterocycles. The third-order valence-corrected chi connectivity index (χ3v) is 6.97. The van der Waals surface area contributed by atoms with Crippen molar-refractivity contribution in [3.8, 4) is 0 Å². The average molecular weight is 436 g/mol. The van der Waals surface area contributed by atoms with Gasteiger partial charge in [-0.25, -0.2) is 19.9 Å². The summed E-state index contributed by atoms with van der Waals surface area (Å²) in [5, 5.41) is 10.1. The zero-order chi connectivity index (χ0) is 21.9. The molecule has 1 spiro atoms. The molecule has 0 radical (unpaired) electrons. The van der Waals surface area contributed by atoms with Crippen molar-refractivity contribution in [3.63, 3.8) is 0 Å². The van der Waals surface area contributed by atoms with Crippen LogP contribution in [0.15, 0.2) is 18.7 Å². The van der Waals surface area contributed by atoms with Gasteiger partial charge in [-0.3, -0.25) is 9.89 Å². The molecule has 0 unspecified atom stereocenters. The van der Waals surface area contributed by atoms with E-state index in [0.717, 1.165) is 38.4 Å². The summed E-state index contributed by atoms with van der Waals surface area (Å²) in [4.78, 5) is 33.8. The number of hydrogen-bond donors (Lipinski definition) is 3. The summed E-state index contributed by atoms with van der Waals surface area (Å²) in [7, 11) is 0. The van der Waals surface area contributed by atoms with Crippen LogP contribution in [0, 0.1) is 5.41 Å². The average Bonchev–Trinajstić information content (AvgIpc) is 3.35. The van der Waals surface area contributed by atoms with Gasteiger partial charge in [0.15, 0.2) is 22.8 Å². The predicted molar refractivity (Wildman–Crippen MR) is 117 cm³/mol. The lowest BCUT2D eigenvalue weighted by Gasteiger charge is -2.41. The van der Waals surface area contributed by atoms with E-state index in [-0.39, 0.29) is 30.0 Å². The first-order valence-corrected chi connectivity index (χ1v) is 10.7. The number of anilines is 4. The van der Waals surface area contributed by atoms with Crippen molar-refractivity contribution in [2.75, 3.05) is 41.4 Å². The van der Waals surface area contributed by atoms with E-state index in [9.17, 15) is 4.79 Å². The number of hydrogen-bond acceptors (Lipinski definition) is 10. The maximum absolute atomic E-state index is 12.2. The van der Waals surface area contributed by atoms with Gasteiger partial charge in [-0.1, -0.05) is 0 Å². The van der Waals surface area contributed by atoms with Crippen LogP contribution in [-0.2, 0) is 9.53 Å². The molecule has 2 saturated heterocycles. The SMILES string of the molecule is C[C@@H]1OCC2(CCN(c3cnc4c(N5CC(=O)Nc6ncncc65)n[nH]c4n3)CC2)[C@@H]1N. The Morgan fingerprint density at radius 3 is 2.88 bits per heavy atom. The van der Waals surface area contributed by atoms with Gasteiger partial charge in [0.2, 0.25) is 5.91 Å². The summed E-state index contributed by atoms with van der Waals surface area (Å²) < 4.78 is 5.82. The number of aromatic amines is 1. The van der Waals surface area contributed by atoms with E-state index in [0.29, 0.717) is 28.5 Å². The summed E-state index contributed by atoms with van der Waals surface area (Å²) in [6.45, 7) is 4.58. The quantitative estimate of drug-likeness (QED) is 0.520. The van der Waals surface area contributed by atoms with Crippen LogP contribution in [-0.4, -0.2) is 74.4 Å². The number of aromatic nitrogens is 6. The van der Waals surface area contributed by atoms with Gasteiger partial charge >= 0.3 is 0 Å². The van der Waals surface area contributed by atoms with E-state index in [1.165, 1.54) is 6.33 Å². The normalized spacial score (nSPS) is 24.8. The molecule has 0 aliphatic carbocycles. The number of carbonyl (C=O) groups excluding carboxylic acids is 1. The lowest BCUT2D eigenvalue weighted by Crippen LogP contribution is -2.50. The fourth-order valence-electron chi connectivity index (χ4n) is 4.98. The van der Waals surface area contributed by atoms with E-state index in [1.807, 2.05) is 0 Å². The van der Waals surface area contributed by atoms with Crippen molar-refractivity contribution >= 4 is 40.2 Å². The Labute approximate surface area is 183 Å². The second-order valence-corrected chi connectivity index (χ2v) is 8.75. The molecular weight excluding hydrogens is 412 g/mol. The maximum atomic E-state index is 12.2. The number of H-pyrrole nitrogens is 1. The van der Waals surface area contributed by atoms with E-state index < -0.39 is 0 Å². The lowest BCUT2D eigenvalue weighted by molar-refractivity contribution is -0.115. The highest BCUT2D eigenvalue weighted by Crippen LogP contribution is 2.42. The second kappa shape index (κ2) is 7.07. The largest absolute Gasteiger partial charge is 0.376 e. The van der Waals surface area contributed by atoms with Crippen molar-refractivity contribution < 1.29 is 9.53 Å². The number of rotatable bonds is 2. The molecule has 2 fully saturated rings. The van der Waals surface area contributed by atoms with Gasteiger partial charge in [-0.15, -0.1) is 0 Å². The molecule has 2 atom stereocenters. The molecule has 4 N–H and O–H groups in total. The first-order valence-electron chi connectivity index (χ1n) is 10.7. The minimum Gasteiger partial charge on any atom is -0.376 e. The molecule has 0 saturated carbocycles. The lowest BCUT2D eigenvalue weighted by atomic mass is 9.73. The summed E-state index contributed by atoms with van der Waals surface area (Å²) >= 11 is 0. The van der Waals surface area contributed by atoms with E-state index in [4.69, 9.17) is 15.5 Å². The Hall–Kier alpha value is -3.38. The van der Waals surface area contributed by atoms with Crippen LogP contribution in [0.3, 0.4) is 0 Å². The van der Waals surface area contributed by atoms with Crippen molar-refractivity contribution in [2.45, 2.75) is 31.9 Å². The third kappa shape index (κ3) is 2.90. The molecule has 6 heterocycles. The van der Waals surface area contributed by atoms with Crippen LogP contribution in [0.1, 0.15) is 19.8 Å². The number of amides is 1. The first-order chi connectivity index (χ1) is 15.5. The van der Waals surface area contributed by atoms with E-state index >= 15 is 0 Å². The molecule has 12 nitrogen and oxygen atoms in total. The highest BCUT2D eigenvalue weighted by atomic mass is 16.5. The van der Waals surface area contributed by atoms with Gasteiger partial charge < -0.3 is 25.6 Å². The van der Waals surface area contributed by atoms with Gasteiger partial charge in [0, 0.05) is 24.5 Å². The van der Waals surface area contributed by atoms with Crippen molar-refractivity contribution in [3.05, 3.63) is 18.7 Å². The van der Waals surface area contributed by atoms with Crippen molar-refractivity contribution in [1.29, 1.82) is 0 Å². The van der Waals surface area contributed by atoms with Gasteiger partial charge in [0.1, 0.15) is 24.4 Å². The molecule has 3 aromatic rings. The molecule has 3 aromatic heterocycles. The predicted octanol–water partition coefficient (Wildman–Crippen LogP) is 0.566. The molecule has 32 heavy (non-hydrogen) atoms. The summed E-state index contributed by atoms with van der Waals surface area (Å²) in [6.07, 6.45) is 6.84. The van der Waals surface area contributed by atoms with E-state index in [2.05, 4.69) is 42.3 Å². The fourth-order valence-corrected chi connectivity index (χ4v) is 4.98. The summed E-state index contributed by atoms with van der Waals surface area (Å²) in [5.74, 6) is 1.58. The highest BCUT2D eigenvalue weighted by Gasteiger charge is 2.47. The second-order valence-electron chi connectivity index (χ2n) is 8.75. The molecule has 0 bridgehead atoms. The smallest absolute Gasteiger partial charge is 0.245 e. The monoisotopic (exact) mass is 436 g/mol. The van der Waals surface area contributed by atoms with Crippen LogP contribution >= 0.6 is 0 Å². The topological polar surface area (TPSA) is 151 Å². The standard InChI is InChI=1S/C20H24N10O2/c1-11-16(21)20(9-32-11)2-4-29(5-3-20)13-7-23-15-18(25-13)27-28-19(15)30-8-14(31)26-17-12(30)6-22-10-24-17/h6-7,10-11,16H,2-5,8-9,21H2,1H3,(H,25,27,28)(H,22,24,26,31)/t11-,16+/m0/s1. The van der Waals surface area contributed by atoms with Crippen LogP contribution < -0.4 is 20.9 Å². The molecule has 1 amide bonds. The van der Waals surface area contributed by atoms with Gasteiger partial charge in [0.05, 0.1) is 25.1 Å². The molecule has 166 valence electrons. The van der Waals surface area contributed by atoms with Crippen molar-refractivity contribution in [2.24, 2.45) is 11.1 Å². The number of fused-ring (bicyclic) bond motifs is 2. The Bertz CT molecular complexity index is 1190. The van der Waals surface area contributed by atoms with Crippen molar-refractivity contribution in [1.82, 2.24) is 30.1 Å². The van der Waals surface area contributed by atoms with Crippen LogP contribution in [0.5, 0.6) is 0 Å². The Balaban J connectivity index is 1.26. The molecule has 12 heteroatoms. The van der Waals surface area contributed by atoms with Crippen LogP contribution in [0.25, 0.3) is 11.2 Å². The molecule has 0 aromatic carbocycles. The van der Waals surface area contributed by atoms with Gasteiger partial charge in [0.25, 0.3) is 0 Å². The Morgan fingerprint density at radius 2 is 2.09 bits per heavy atom. The Kier molecular flexibility index (Phi) is 4.27. The minimum absolute atomic E-state index is 0.0545. The number of ether oxygens (including phenoxy) is 1. The van der Waals surface area contributed by atoms with Gasteiger partial charge in [-0.2, -0.15) is 5.10 Å². The number of nitrogens with zero attached hydrogens (tertiary/aromatic N) is 7. The zero-order valence-electron chi connectivity index (χ0n) is 17.7. The number of nitrogens with two attached hydrogens (primary N) is 1. The highest BCUT2D eigenvalue weighted by molar-refractivity contribution is 6.03. The summed E-state index contributed by atoms with van der Waals surface area (Å²) in [5.41, 5.74) is 8.31. The maximum Gasteiger partial charge on any atom is 0.245 e. The summed E-state index contributed by atoms with van der Waals surface area (Å²) in [6, 6.07) is 0.0713. The molecular formula is C20H24N10O2. The molecule has 3 aliphatic rings. The third-order valence-electron chi connectivity index (χ3n) is 6.97. The Morgan fingerprint density at radius 1 is 1.25 bits per heavy atom. The zero-order valence-corrected chi connectivity index (χ0v) is 17.7. The minimum atomic E-state index is -0.178. The molecule has 6 rings (SSSR count). The number of piperidine rings is 1. The number of carbonyl (C=O) groups is 1. The van der Waals surface area contributed by atoms with Gasteiger partial charge in [-0.05, 0) is 19.8 Å².